The SMILES string of the molecule is O=S(=O)(NCc1ccccc1O)c1cccnc1Cl. The summed E-state index contributed by atoms with van der Waals surface area (Å²) in [5.74, 6) is 0.0301. The van der Waals surface area contributed by atoms with Gasteiger partial charge in [0.2, 0.25) is 10.0 Å². The van der Waals surface area contributed by atoms with Gasteiger partial charge in [0.15, 0.2) is 0 Å². The number of aromatic nitrogens is 1. The Kier molecular flexibility index (Phi) is 4.04. The van der Waals surface area contributed by atoms with Crippen LogP contribution in [0.2, 0.25) is 5.15 Å². The average Bonchev–Trinajstić information content (AvgIpc) is 2.38. The van der Waals surface area contributed by atoms with Crippen molar-refractivity contribution in [2.45, 2.75) is 11.4 Å². The molecule has 0 radical (unpaired) electrons. The molecule has 2 N–H and O–H groups in total. The van der Waals surface area contributed by atoms with E-state index in [0.717, 1.165) is 0 Å². The molecule has 0 atom stereocenters. The highest BCUT2D eigenvalue weighted by Crippen LogP contribution is 2.19. The van der Waals surface area contributed by atoms with Gasteiger partial charge < -0.3 is 5.11 Å². The molecule has 1 aromatic heterocycles. The first-order valence-electron chi connectivity index (χ1n) is 5.38. The maximum Gasteiger partial charge on any atom is 0.243 e. The quantitative estimate of drug-likeness (QED) is 0.845. The number of nitrogens with one attached hydrogen (secondary N) is 1. The number of rotatable bonds is 4. The van der Waals surface area contributed by atoms with E-state index in [-0.39, 0.29) is 22.3 Å². The van der Waals surface area contributed by atoms with Crippen LogP contribution in [-0.4, -0.2) is 18.5 Å². The van der Waals surface area contributed by atoms with Crippen LogP contribution in [0.3, 0.4) is 0 Å². The van der Waals surface area contributed by atoms with E-state index in [1.165, 1.54) is 24.4 Å². The Labute approximate surface area is 115 Å². The molecule has 5 nitrogen and oxygen atoms in total. The second-order valence-electron chi connectivity index (χ2n) is 3.75. The monoisotopic (exact) mass is 298 g/mol. The number of aromatic hydroxyl groups is 1. The van der Waals surface area contributed by atoms with Gasteiger partial charge in [0.1, 0.15) is 15.8 Å². The summed E-state index contributed by atoms with van der Waals surface area (Å²) in [4.78, 5) is 3.62. The van der Waals surface area contributed by atoms with Crippen molar-refractivity contribution < 1.29 is 13.5 Å². The van der Waals surface area contributed by atoms with E-state index < -0.39 is 10.0 Å². The highest BCUT2D eigenvalue weighted by atomic mass is 35.5. The Morgan fingerprint density at radius 1 is 1.21 bits per heavy atom. The summed E-state index contributed by atoms with van der Waals surface area (Å²) in [6.45, 7) is -0.0275. The van der Waals surface area contributed by atoms with Crippen molar-refractivity contribution >= 4 is 21.6 Å². The smallest absolute Gasteiger partial charge is 0.243 e. The minimum atomic E-state index is -3.76. The van der Waals surface area contributed by atoms with E-state index in [4.69, 9.17) is 11.6 Å². The van der Waals surface area contributed by atoms with Crippen molar-refractivity contribution in [2.24, 2.45) is 0 Å². The van der Waals surface area contributed by atoms with Gasteiger partial charge in [-0.1, -0.05) is 29.8 Å². The Bertz CT molecular complexity index is 689. The van der Waals surface area contributed by atoms with Crippen LogP contribution >= 0.6 is 11.6 Å². The summed E-state index contributed by atoms with van der Waals surface area (Å²) >= 11 is 5.74. The van der Waals surface area contributed by atoms with Gasteiger partial charge in [-0.25, -0.2) is 18.1 Å². The number of pyridine rings is 1. The minimum Gasteiger partial charge on any atom is -0.508 e. The molecule has 0 aliphatic carbocycles. The molecule has 0 bridgehead atoms. The van der Waals surface area contributed by atoms with E-state index in [1.807, 2.05) is 0 Å². The summed E-state index contributed by atoms with van der Waals surface area (Å²) < 4.78 is 26.4. The fraction of sp³-hybridized carbons (Fsp3) is 0.0833. The molecule has 1 aromatic carbocycles. The number of para-hydroxylation sites is 1. The first-order valence-corrected chi connectivity index (χ1v) is 7.24. The molecule has 0 aliphatic rings. The summed E-state index contributed by atoms with van der Waals surface area (Å²) in [5.41, 5.74) is 0.478. The molecule has 19 heavy (non-hydrogen) atoms. The van der Waals surface area contributed by atoms with Gasteiger partial charge in [0.05, 0.1) is 0 Å². The zero-order chi connectivity index (χ0) is 13.9. The molecule has 0 amide bonds. The van der Waals surface area contributed by atoms with Gasteiger partial charge in [-0.05, 0) is 18.2 Å². The molecule has 0 aliphatic heterocycles. The number of hydrogen-bond donors (Lipinski definition) is 2. The molecule has 100 valence electrons. The van der Waals surface area contributed by atoms with Crippen LogP contribution in [0, 0.1) is 0 Å². The minimum absolute atomic E-state index is 0.0275. The number of phenols is 1. The molecule has 0 saturated heterocycles. The number of halogens is 1. The predicted molar refractivity (Wildman–Crippen MR) is 71.4 cm³/mol. The lowest BCUT2D eigenvalue weighted by Crippen LogP contribution is -2.23. The molecule has 2 rings (SSSR count). The van der Waals surface area contributed by atoms with E-state index in [1.54, 1.807) is 18.2 Å². The number of benzene rings is 1. The second kappa shape index (κ2) is 5.56. The molecular weight excluding hydrogens is 288 g/mol. The number of phenolic OH excluding ortho intramolecular Hbond substituents is 1. The zero-order valence-electron chi connectivity index (χ0n) is 9.75. The Balaban J connectivity index is 2.20. The van der Waals surface area contributed by atoms with E-state index in [0.29, 0.717) is 5.56 Å². The van der Waals surface area contributed by atoms with Crippen LogP contribution in [-0.2, 0) is 16.6 Å². The van der Waals surface area contributed by atoms with Gasteiger partial charge in [-0.3, -0.25) is 0 Å². The van der Waals surface area contributed by atoms with Crippen LogP contribution in [0.25, 0.3) is 0 Å². The third-order valence-electron chi connectivity index (χ3n) is 2.46. The molecule has 0 fully saturated rings. The molecule has 0 spiro atoms. The zero-order valence-corrected chi connectivity index (χ0v) is 11.3. The number of nitrogens with zero attached hydrogens (tertiary/aromatic N) is 1. The van der Waals surface area contributed by atoms with Crippen molar-refractivity contribution in [3.05, 3.63) is 53.3 Å². The highest BCUT2D eigenvalue weighted by Gasteiger charge is 2.18. The largest absolute Gasteiger partial charge is 0.508 e. The van der Waals surface area contributed by atoms with Gasteiger partial charge in [0, 0.05) is 18.3 Å². The number of hydrogen-bond acceptors (Lipinski definition) is 4. The normalized spacial score (nSPS) is 11.4. The Hall–Kier alpha value is -1.63. The fourth-order valence-electron chi connectivity index (χ4n) is 1.48. The third-order valence-corrected chi connectivity index (χ3v) is 4.30. The van der Waals surface area contributed by atoms with Crippen molar-refractivity contribution in [3.63, 3.8) is 0 Å². The predicted octanol–water partition coefficient (Wildman–Crippen LogP) is 1.92. The van der Waals surface area contributed by atoms with Gasteiger partial charge in [-0.2, -0.15) is 0 Å². The van der Waals surface area contributed by atoms with E-state index in [2.05, 4.69) is 9.71 Å². The van der Waals surface area contributed by atoms with Crippen molar-refractivity contribution in [1.82, 2.24) is 9.71 Å². The fourth-order valence-corrected chi connectivity index (χ4v) is 2.94. The first kappa shape index (κ1) is 13.8. The van der Waals surface area contributed by atoms with Crippen LogP contribution in [0.1, 0.15) is 5.56 Å². The lowest BCUT2D eigenvalue weighted by Gasteiger charge is -2.08. The third kappa shape index (κ3) is 3.23. The van der Waals surface area contributed by atoms with Crippen molar-refractivity contribution in [3.8, 4) is 5.75 Å². The molecule has 0 unspecified atom stereocenters. The van der Waals surface area contributed by atoms with Gasteiger partial charge >= 0.3 is 0 Å². The standard InChI is InChI=1S/C12H11ClN2O3S/c13-12-11(6-3-7-14-12)19(17,18)15-8-9-4-1-2-5-10(9)16/h1-7,15-16H,8H2. The highest BCUT2D eigenvalue weighted by molar-refractivity contribution is 7.89. The molecule has 2 aromatic rings. The Morgan fingerprint density at radius 2 is 1.95 bits per heavy atom. The summed E-state index contributed by atoms with van der Waals surface area (Å²) in [7, 11) is -3.76. The van der Waals surface area contributed by atoms with Crippen LogP contribution in [0.15, 0.2) is 47.5 Å². The van der Waals surface area contributed by atoms with Crippen molar-refractivity contribution in [2.75, 3.05) is 0 Å². The van der Waals surface area contributed by atoms with Gasteiger partial charge in [-0.15, -0.1) is 0 Å². The maximum absolute atomic E-state index is 12.0. The maximum atomic E-state index is 12.0. The summed E-state index contributed by atoms with van der Waals surface area (Å²) in [6, 6.07) is 9.33. The van der Waals surface area contributed by atoms with Crippen molar-refractivity contribution in [1.29, 1.82) is 0 Å². The van der Waals surface area contributed by atoms with Crippen LogP contribution in [0.5, 0.6) is 5.75 Å². The molecule has 1 heterocycles. The summed E-state index contributed by atoms with van der Waals surface area (Å²) in [6.07, 6.45) is 1.41. The molecular formula is C12H11ClN2O3S. The van der Waals surface area contributed by atoms with E-state index >= 15 is 0 Å². The molecule has 7 heteroatoms. The van der Waals surface area contributed by atoms with Gasteiger partial charge in [0.25, 0.3) is 0 Å². The number of sulfonamides is 1. The molecule has 0 saturated carbocycles. The average molecular weight is 299 g/mol. The van der Waals surface area contributed by atoms with Crippen LogP contribution < -0.4 is 4.72 Å². The Morgan fingerprint density at radius 3 is 2.63 bits per heavy atom. The lowest BCUT2D eigenvalue weighted by atomic mass is 10.2. The summed E-state index contributed by atoms with van der Waals surface area (Å²) in [5, 5.41) is 9.47. The van der Waals surface area contributed by atoms with E-state index in [9.17, 15) is 13.5 Å². The lowest BCUT2D eigenvalue weighted by molar-refractivity contribution is 0.467. The first-order chi connectivity index (χ1) is 9.00. The second-order valence-corrected chi connectivity index (χ2v) is 5.84. The van der Waals surface area contributed by atoms with Crippen LogP contribution in [0.4, 0.5) is 0 Å². The topological polar surface area (TPSA) is 79.3 Å².